The van der Waals surface area contributed by atoms with Gasteiger partial charge in [-0.3, -0.25) is 9.48 Å². The normalized spacial score (nSPS) is 13.3. The molecule has 0 aliphatic carbocycles. The SMILES string of the molecule is COC(=O)CC(C)S(=O)(=O)CCc1cnn(C)c1. The second-order valence-electron chi connectivity index (χ2n) is 4.23. The number of hydrogen-bond donors (Lipinski definition) is 0. The molecule has 18 heavy (non-hydrogen) atoms. The Morgan fingerprint density at radius 2 is 2.22 bits per heavy atom. The fraction of sp³-hybridized carbons (Fsp3) is 0.636. The van der Waals surface area contributed by atoms with Gasteiger partial charge in [-0.25, -0.2) is 8.42 Å². The van der Waals surface area contributed by atoms with Crippen LogP contribution in [0.2, 0.25) is 0 Å². The second-order valence-corrected chi connectivity index (χ2v) is 6.77. The summed E-state index contributed by atoms with van der Waals surface area (Å²) in [5, 5.41) is 3.25. The van der Waals surface area contributed by atoms with Crippen molar-refractivity contribution < 1.29 is 17.9 Å². The highest BCUT2D eigenvalue weighted by Crippen LogP contribution is 2.10. The van der Waals surface area contributed by atoms with Crippen LogP contribution in [0.4, 0.5) is 0 Å². The molecule has 0 spiro atoms. The van der Waals surface area contributed by atoms with Gasteiger partial charge in [-0.15, -0.1) is 0 Å². The maximum Gasteiger partial charge on any atom is 0.306 e. The zero-order chi connectivity index (χ0) is 13.8. The van der Waals surface area contributed by atoms with E-state index < -0.39 is 21.1 Å². The topological polar surface area (TPSA) is 78.3 Å². The van der Waals surface area contributed by atoms with Crippen LogP contribution in [0, 0.1) is 0 Å². The number of aromatic nitrogens is 2. The lowest BCUT2D eigenvalue weighted by Gasteiger charge is -2.10. The lowest BCUT2D eigenvalue weighted by Crippen LogP contribution is -2.25. The predicted octanol–water partition coefficient (Wildman–Crippen LogP) is 0.329. The minimum Gasteiger partial charge on any atom is -0.469 e. The molecule has 102 valence electrons. The quantitative estimate of drug-likeness (QED) is 0.698. The molecule has 1 rings (SSSR count). The molecule has 7 heteroatoms. The van der Waals surface area contributed by atoms with Gasteiger partial charge in [0.2, 0.25) is 0 Å². The summed E-state index contributed by atoms with van der Waals surface area (Å²) in [6.45, 7) is 1.52. The number of rotatable bonds is 6. The number of esters is 1. The first-order valence-corrected chi connectivity index (χ1v) is 7.32. The largest absolute Gasteiger partial charge is 0.469 e. The van der Waals surface area contributed by atoms with Gasteiger partial charge < -0.3 is 4.74 Å². The van der Waals surface area contributed by atoms with Crippen molar-refractivity contribution in [3.05, 3.63) is 18.0 Å². The van der Waals surface area contributed by atoms with Gasteiger partial charge in [0, 0.05) is 13.2 Å². The van der Waals surface area contributed by atoms with Gasteiger partial charge in [0.15, 0.2) is 9.84 Å². The fourth-order valence-corrected chi connectivity index (χ4v) is 2.82. The number of carbonyl (C=O) groups is 1. The van der Waals surface area contributed by atoms with Crippen molar-refractivity contribution in [1.29, 1.82) is 0 Å². The summed E-state index contributed by atoms with van der Waals surface area (Å²) in [4.78, 5) is 11.0. The van der Waals surface area contributed by atoms with E-state index in [2.05, 4.69) is 9.84 Å². The summed E-state index contributed by atoms with van der Waals surface area (Å²) >= 11 is 0. The zero-order valence-electron chi connectivity index (χ0n) is 10.8. The monoisotopic (exact) mass is 274 g/mol. The number of sulfone groups is 1. The third-order valence-corrected chi connectivity index (χ3v) is 4.89. The number of ether oxygens (including phenoxy) is 1. The van der Waals surface area contributed by atoms with E-state index in [-0.39, 0.29) is 12.2 Å². The number of methoxy groups -OCH3 is 1. The van der Waals surface area contributed by atoms with Crippen molar-refractivity contribution in [3.8, 4) is 0 Å². The molecule has 1 unspecified atom stereocenters. The number of nitrogens with zero attached hydrogens (tertiary/aromatic N) is 2. The standard InChI is InChI=1S/C11H18N2O4S/c1-9(6-11(14)17-3)18(15,16)5-4-10-7-12-13(2)8-10/h7-9H,4-6H2,1-3H3. The molecular formula is C11H18N2O4S. The van der Waals surface area contributed by atoms with Gasteiger partial charge in [0.05, 0.1) is 30.7 Å². The van der Waals surface area contributed by atoms with Crippen molar-refractivity contribution in [3.63, 3.8) is 0 Å². The summed E-state index contributed by atoms with van der Waals surface area (Å²) in [5.41, 5.74) is 0.867. The van der Waals surface area contributed by atoms with Crippen LogP contribution < -0.4 is 0 Å². The van der Waals surface area contributed by atoms with E-state index in [1.165, 1.54) is 14.0 Å². The first-order chi connectivity index (χ1) is 8.35. The third kappa shape index (κ3) is 4.14. The van der Waals surface area contributed by atoms with E-state index >= 15 is 0 Å². The second kappa shape index (κ2) is 5.99. The van der Waals surface area contributed by atoms with Crippen LogP contribution in [-0.2, 0) is 32.8 Å². The molecule has 0 radical (unpaired) electrons. The Morgan fingerprint density at radius 1 is 1.56 bits per heavy atom. The number of hydrogen-bond acceptors (Lipinski definition) is 5. The third-order valence-electron chi connectivity index (χ3n) is 2.73. The van der Waals surface area contributed by atoms with Gasteiger partial charge in [0.1, 0.15) is 0 Å². The summed E-state index contributed by atoms with van der Waals surface area (Å²) in [6.07, 6.45) is 3.72. The van der Waals surface area contributed by atoms with Gasteiger partial charge in [-0.2, -0.15) is 5.10 Å². The maximum atomic E-state index is 11.9. The zero-order valence-corrected chi connectivity index (χ0v) is 11.6. The van der Waals surface area contributed by atoms with Crippen molar-refractivity contribution >= 4 is 15.8 Å². The van der Waals surface area contributed by atoms with E-state index in [0.717, 1.165) is 5.56 Å². The predicted molar refractivity (Wildman–Crippen MR) is 66.8 cm³/mol. The smallest absolute Gasteiger partial charge is 0.306 e. The van der Waals surface area contributed by atoms with Crippen LogP contribution >= 0.6 is 0 Å². The molecule has 1 atom stereocenters. The van der Waals surface area contributed by atoms with Gasteiger partial charge in [-0.05, 0) is 18.9 Å². The van der Waals surface area contributed by atoms with E-state index in [1.54, 1.807) is 24.1 Å². The molecule has 1 aromatic heterocycles. The van der Waals surface area contributed by atoms with E-state index in [9.17, 15) is 13.2 Å². The van der Waals surface area contributed by atoms with Gasteiger partial charge in [-0.1, -0.05) is 0 Å². The molecule has 0 aliphatic heterocycles. The first-order valence-electron chi connectivity index (χ1n) is 5.61. The molecule has 0 bridgehead atoms. The van der Waals surface area contributed by atoms with Crippen molar-refractivity contribution in [2.75, 3.05) is 12.9 Å². The molecule has 0 amide bonds. The average Bonchev–Trinajstić information content (AvgIpc) is 2.72. The maximum absolute atomic E-state index is 11.9. The minimum absolute atomic E-state index is 0.0108. The molecule has 0 N–H and O–H groups in total. The minimum atomic E-state index is -3.29. The van der Waals surface area contributed by atoms with Crippen LogP contribution in [0.15, 0.2) is 12.4 Å². The Labute approximate surface area is 107 Å². The van der Waals surface area contributed by atoms with Crippen LogP contribution in [0.25, 0.3) is 0 Å². The Morgan fingerprint density at radius 3 is 2.72 bits per heavy atom. The van der Waals surface area contributed by atoms with Gasteiger partial charge in [0.25, 0.3) is 0 Å². The Kier molecular flexibility index (Phi) is 4.89. The average molecular weight is 274 g/mol. The van der Waals surface area contributed by atoms with E-state index in [0.29, 0.717) is 6.42 Å². The number of carbonyl (C=O) groups excluding carboxylic acids is 1. The van der Waals surface area contributed by atoms with E-state index in [1.807, 2.05) is 0 Å². The molecule has 0 saturated carbocycles. The molecule has 0 aromatic carbocycles. The molecule has 6 nitrogen and oxygen atoms in total. The molecular weight excluding hydrogens is 256 g/mol. The highest BCUT2D eigenvalue weighted by molar-refractivity contribution is 7.92. The lowest BCUT2D eigenvalue weighted by molar-refractivity contribution is -0.140. The van der Waals surface area contributed by atoms with Crippen LogP contribution in [0.1, 0.15) is 18.9 Å². The van der Waals surface area contributed by atoms with Crippen LogP contribution in [-0.4, -0.2) is 42.3 Å². The van der Waals surface area contributed by atoms with Crippen LogP contribution in [0.3, 0.4) is 0 Å². The Balaban J connectivity index is 2.56. The fourth-order valence-electron chi connectivity index (χ4n) is 1.51. The molecule has 1 aromatic rings. The van der Waals surface area contributed by atoms with E-state index in [4.69, 9.17) is 0 Å². The van der Waals surface area contributed by atoms with Gasteiger partial charge >= 0.3 is 5.97 Å². The highest BCUT2D eigenvalue weighted by Gasteiger charge is 2.23. The molecule has 0 aliphatic rings. The van der Waals surface area contributed by atoms with Crippen molar-refractivity contribution in [2.24, 2.45) is 7.05 Å². The van der Waals surface area contributed by atoms with Crippen LogP contribution in [0.5, 0.6) is 0 Å². The highest BCUT2D eigenvalue weighted by atomic mass is 32.2. The summed E-state index contributed by atoms with van der Waals surface area (Å²) in [5.74, 6) is -0.496. The molecule has 0 saturated heterocycles. The molecule has 1 heterocycles. The van der Waals surface area contributed by atoms with Crippen molar-refractivity contribution in [1.82, 2.24) is 9.78 Å². The Hall–Kier alpha value is -1.37. The first kappa shape index (κ1) is 14.7. The lowest BCUT2D eigenvalue weighted by atomic mass is 10.3. The summed E-state index contributed by atoms with van der Waals surface area (Å²) in [7, 11) is -0.269. The summed E-state index contributed by atoms with van der Waals surface area (Å²) in [6, 6.07) is 0. The Bertz CT molecular complexity index is 507. The molecule has 0 fully saturated rings. The number of aryl methyl sites for hydroxylation is 2. The van der Waals surface area contributed by atoms with Crippen molar-refractivity contribution in [2.45, 2.75) is 25.0 Å². The summed E-state index contributed by atoms with van der Waals surface area (Å²) < 4.78 is 29.9.